The molecule has 122 valence electrons. The fourth-order valence-corrected chi connectivity index (χ4v) is 2.47. The molecule has 0 spiro atoms. The fraction of sp³-hybridized carbons (Fsp3) is 0.111. The molecule has 1 aromatic heterocycles. The summed E-state index contributed by atoms with van der Waals surface area (Å²) in [6, 6.07) is 15.2. The molecular weight excluding hydrogens is 329 g/mol. The van der Waals surface area contributed by atoms with Gasteiger partial charge in [-0.3, -0.25) is 4.79 Å². The summed E-state index contributed by atoms with van der Waals surface area (Å²) in [5.41, 5.74) is 1.64. The number of hydrogen-bond donors (Lipinski definition) is 1. The first kappa shape index (κ1) is 16.2. The highest BCUT2D eigenvalue weighted by Crippen LogP contribution is 2.14. The number of nitrogens with zero attached hydrogens (tertiary/aromatic N) is 2. The van der Waals surface area contributed by atoms with E-state index >= 15 is 0 Å². The number of carbonyl (C=O) groups excluding carboxylic acids is 1. The number of aromatic nitrogens is 2. The molecule has 0 unspecified atom stereocenters. The summed E-state index contributed by atoms with van der Waals surface area (Å²) in [5, 5.41) is 7.69. The molecule has 1 amide bonds. The van der Waals surface area contributed by atoms with E-state index in [1.165, 1.54) is 12.1 Å². The summed E-state index contributed by atoms with van der Waals surface area (Å²) in [5.74, 6) is 0.0119. The van der Waals surface area contributed by atoms with E-state index in [0.29, 0.717) is 22.9 Å². The van der Waals surface area contributed by atoms with Gasteiger partial charge in [0.15, 0.2) is 0 Å². The molecule has 2 aromatic carbocycles. The van der Waals surface area contributed by atoms with Gasteiger partial charge in [0.2, 0.25) is 5.91 Å². The highest BCUT2D eigenvalue weighted by molar-refractivity contribution is 6.30. The van der Waals surface area contributed by atoms with Gasteiger partial charge in [0, 0.05) is 11.1 Å². The number of benzene rings is 2. The first-order valence-electron chi connectivity index (χ1n) is 7.41. The molecule has 24 heavy (non-hydrogen) atoms. The van der Waals surface area contributed by atoms with Crippen molar-refractivity contribution in [3.8, 4) is 0 Å². The first-order valence-corrected chi connectivity index (χ1v) is 7.78. The lowest BCUT2D eigenvalue weighted by Gasteiger charge is -2.09. The molecule has 6 heteroatoms. The zero-order valence-electron chi connectivity index (χ0n) is 12.7. The Hall–Kier alpha value is -2.66. The Bertz CT molecular complexity index is 845. The maximum Gasteiger partial charge on any atom is 0.229 e. The first-order chi connectivity index (χ1) is 11.6. The lowest BCUT2D eigenvalue weighted by atomic mass is 10.1. The highest BCUT2D eigenvalue weighted by Gasteiger charge is 2.09. The monoisotopic (exact) mass is 343 g/mol. The molecule has 0 aliphatic carbocycles. The molecule has 0 radical (unpaired) electrons. The standard InChI is InChI=1S/C18H15ClFN3O/c19-15-6-4-13(5-7-15)12-23-17(8-9-21-23)22-18(24)11-14-2-1-3-16(20)10-14/h1-10H,11-12H2,(H,22,24). The van der Waals surface area contributed by atoms with E-state index in [9.17, 15) is 9.18 Å². The molecule has 1 N–H and O–H groups in total. The molecule has 0 saturated heterocycles. The Morgan fingerprint density at radius 1 is 1.12 bits per heavy atom. The van der Waals surface area contributed by atoms with Gasteiger partial charge in [0.05, 0.1) is 19.2 Å². The second kappa shape index (κ2) is 7.27. The van der Waals surface area contributed by atoms with Gasteiger partial charge in [-0.25, -0.2) is 9.07 Å². The molecule has 0 fully saturated rings. The smallest absolute Gasteiger partial charge is 0.229 e. The van der Waals surface area contributed by atoms with E-state index in [0.717, 1.165) is 5.56 Å². The SMILES string of the molecule is O=C(Cc1cccc(F)c1)Nc1ccnn1Cc1ccc(Cl)cc1. The second-order valence-electron chi connectivity index (χ2n) is 5.36. The third-order valence-electron chi connectivity index (χ3n) is 3.48. The van der Waals surface area contributed by atoms with Crippen LogP contribution in [0, 0.1) is 5.82 Å². The zero-order valence-corrected chi connectivity index (χ0v) is 13.5. The van der Waals surface area contributed by atoms with Crippen LogP contribution in [0.2, 0.25) is 5.02 Å². The van der Waals surface area contributed by atoms with Gasteiger partial charge in [0.1, 0.15) is 11.6 Å². The van der Waals surface area contributed by atoms with Gasteiger partial charge in [0.25, 0.3) is 0 Å². The van der Waals surface area contributed by atoms with Crippen molar-refractivity contribution < 1.29 is 9.18 Å². The Kier molecular flexibility index (Phi) is 4.91. The number of halogens is 2. The molecule has 0 aliphatic heterocycles. The van der Waals surface area contributed by atoms with Crippen molar-refractivity contribution in [1.29, 1.82) is 0 Å². The Morgan fingerprint density at radius 3 is 2.67 bits per heavy atom. The average molecular weight is 344 g/mol. The van der Waals surface area contributed by atoms with E-state index in [1.807, 2.05) is 24.3 Å². The minimum Gasteiger partial charge on any atom is -0.311 e. The summed E-state index contributed by atoms with van der Waals surface area (Å²) in [6.45, 7) is 0.514. The normalized spacial score (nSPS) is 10.6. The van der Waals surface area contributed by atoms with Crippen molar-refractivity contribution in [3.05, 3.63) is 82.8 Å². The van der Waals surface area contributed by atoms with Crippen molar-refractivity contribution in [3.63, 3.8) is 0 Å². The molecule has 3 aromatic rings. The topological polar surface area (TPSA) is 46.9 Å². The summed E-state index contributed by atoms with van der Waals surface area (Å²) < 4.78 is 14.9. The quantitative estimate of drug-likeness (QED) is 0.763. The summed E-state index contributed by atoms with van der Waals surface area (Å²) in [7, 11) is 0. The summed E-state index contributed by atoms with van der Waals surface area (Å²) >= 11 is 5.88. The number of carbonyl (C=O) groups is 1. The molecule has 4 nitrogen and oxygen atoms in total. The maximum absolute atomic E-state index is 13.2. The maximum atomic E-state index is 13.2. The number of nitrogens with one attached hydrogen (secondary N) is 1. The molecule has 0 bridgehead atoms. The van der Waals surface area contributed by atoms with Crippen LogP contribution in [0.5, 0.6) is 0 Å². The summed E-state index contributed by atoms with van der Waals surface area (Å²) in [4.78, 5) is 12.1. The lowest BCUT2D eigenvalue weighted by Crippen LogP contribution is -2.18. The van der Waals surface area contributed by atoms with Crippen molar-refractivity contribution in [1.82, 2.24) is 9.78 Å². The van der Waals surface area contributed by atoms with Crippen LogP contribution in [0.25, 0.3) is 0 Å². The largest absolute Gasteiger partial charge is 0.311 e. The summed E-state index contributed by atoms with van der Waals surface area (Å²) in [6.07, 6.45) is 1.72. The number of amides is 1. The fourth-order valence-electron chi connectivity index (χ4n) is 2.35. The predicted molar refractivity (Wildman–Crippen MR) is 91.5 cm³/mol. The van der Waals surface area contributed by atoms with Crippen molar-refractivity contribution in [2.45, 2.75) is 13.0 Å². The van der Waals surface area contributed by atoms with Gasteiger partial charge in [-0.1, -0.05) is 35.9 Å². The number of rotatable bonds is 5. The minimum absolute atomic E-state index is 0.101. The van der Waals surface area contributed by atoms with Crippen LogP contribution in [-0.2, 0) is 17.8 Å². The molecular formula is C18H15ClFN3O. The van der Waals surface area contributed by atoms with Crippen LogP contribution in [-0.4, -0.2) is 15.7 Å². The lowest BCUT2D eigenvalue weighted by molar-refractivity contribution is -0.115. The van der Waals surface area contributed by atoms with Crippen LogP contribution in [0.3, 0.4) is 0 Å². The van der Waals surface area contributed by atoms with E-state index in [4.69, 9.17) is 11.6 Å². The molecule has 0 atom stereocenters. The minimum atomic E-state index is -0.354. The van der Waals surface area contributed by atoms with Crippen molar-refractivity contribution in [2.75, 3.05) is 5.32 Å². The molecule has 1 heterocycles. The van der Waals surface area contributed by atoms with E-state index in [1.54, 1.807) is 29.1 Å². The van der Waals surface area contributed by atoms with Gasteiger partial charge in [-0.05, 0) is 35.4 Å². The average Bonchev–Trinajstić information content (AvgIpc) is 2.96. The van der Waals surface area contributed by atoms with Gasteiger partial charge >= 0.3 is 0 Å². The zero-order chi connectivity index (χ0) is 16.9. The van der Waals surface area contributed by atoms with E-state index in [-0.39, 0.29) is 18.1 Å². The van der Waals surface area contributed by atoms with E-state index < -0.39 is 0 Å². The van der Waals surface area contributed by atoms with Gasteiger partial charge in [-0.2, -0.15) is 5.10 Å². The van der Waals surface area contributed by atoms with Crippen LogP contribution in [0.4, 0.5) is 10.2 Å². The van der Waals surface area contributed by atoms with Crippen LogP contribution < -0.4 is 5.32 Å². The van der Waals surface area contributed by atoms with Crippen LogP contribution in [0.1, 0.15) is 11.1 Å². The Balaban J connectivity index is 1.66. The Morgan fingerprint density at radius 2 is 1.92 bits per heavy atom. The van der Waals surface area contributed by atoms with Crippen LogP contribution >= 0.6 is 11.6 Å². The molecule has 0 saturated carbocycles. The highest BCUT2D eigenvalue weighted by atomic mass is 35.5. The molecule has 0 aliphatic rings. The van der Waals surface area contributed by atoms with Gasteiger partial charge < -0.3 is 5.32 Å². The second-order valence-corrected chi connectivity index (χ2v) is 5.79. The van der Waals surface area contributed by atoms with E-state index in [2.05, 4.69) is 10.4 Å². The Labute approximate surface area is 143 Å². The third kappa shape index (κ3) is 4.20. The number of hydrogen-bond acceptors (Lipinski definition) is 2. The van der Waals surface area contributed by atoms with Crippen molar-refractivity contribution in [2.24, 2.45) is 0 Å². The number of anilines is 1. The molecule has 3 rings (SSSR count). The van der Waals surface area contributed by atoms with Crippen molar-refractivity contribution >= 4 is 23.3 Å². The van der Waals surface area contributed by atoms with Crippen LogP contribution in [0.15, 0.2) is 60.8 Å². The van der Waals surface area contributed by atoms with Gasteiger partial charge in [-0.15, -0.1) is 0 Å². The predicted octanol–water partition coefficient (Wildman–Crippen LogP) is 3.91. The third-order valence-corrected chi connectivity index (χ3v) is 3.74.